The predicted molar refractivity (Wildman–Crippen MR) is 90.9 cm³/mol. The third-order valence-corrected chi connectivity index (χ3v) is 3.84. The normalized spacial score (nSPS) is 16.0. The van der Waals surface area contributed by atoms with Gasteiger partial charge in [0, 0.05) is 9.13 Å². The Morgan fingerprint density at radius 1 is 1.14 bits per heavy atom. The van der Waals surface area contributed by atoms with Crippen molar-refractivity contribution in [3.63, 3.8) is 0 Å². The quantitative estimate of drug-likeness (QED) is 0.443. The smallest absolute Gasteiger partial charge is 0.363 e. The van der Waals surface area contributed by atoms with Gasteiger partial charge in [0.15, 0.2) is 5.70 Å². The molecule has 104 valence electrons. The van der Waals surface area contributed by atoms with Gasteiger partial charge < -0.3 is 4.74 Å². The van der Waals surface area contributed by atoms with E-state index in [1.807, 2.05) is 55.5 Å². The fourth-order valence-electron chi connectivity index (χ4n) is 2.05. The van der Waals surface area contributed by atoms with Gasteiger partial charge in [-0.3, -0.25) is 0 Å². The molecule has 0 radical (unpaired) electrons. The Kier molecular flexibility index (Phi) is 3.88. The first kappa shape index (κ1) is 14.0. The summed E-state index contributed by atoms with van der Waals surface area (Å²) in [6.45, 7) is 2.00. The van der Waals surface area contributed by atoms with E-state index in [0.29, 0.717) is 11.6 Å². The molecule has 0 atom stereocenters. The number of cyclic esters (lactones) is 1. The monoisotopic (exact) mass is 389 g/mol. The Morgan fingerprint density at radius 2 is 1.95 bits per heavy atom. The van der Waals surface area contributed by atoms with Gasteiger partial charge in [0.2, 0.25) is 5.90 Å². The van der Waals surface area contributed by atoms with Gasteiger partial charge in [0.05, 0.1) is 0 Å². The van der Waals surface area contributed by atoms with Crippen LogP contribution in [0.4, 0.5) is 0 Å². The molecule has 21 heavy (non-hydrogen) atoms. The van der Waals surface area contributed by atoms with Crippen LogP contribution in [0.25, 0.3) is 6.08 Å². The molecule has 0 unspecified atom stereocenters. The molecule has 3 rings (SSSR count). The SMILES string of the molecule is Cc1ccccc1/C=C1\N=C(c2cccc(I)c2)OC1=O. The van der Waals surface area contributed by atoms with Gasteiger partial charge in [-0.1, -0.05) is 30.3 Å². The molecule has 0 saturated heterocycles. The molecule has 1 aliphatic rings. The molecule has 1 heterocycles. The Labute approximate surface area is 136 Å². The zero-order chi connectivity index (χ0) is 14.8. The molecule has 0 aromatic heterocycles. The average Bonchev–Trinajstić information content (AvgIpc) is 2.83. The maximum Gasteiger partial charge on any atom is 0.363 e. The van der Waals surface area contributed by atoms with E-state index in [2.05, 4.69) is 27.6 Å². The summed E-state index contributed by atoms with van der Waals surface area (Å²) >= 11 is 2.22. The molecule has 0 fully saturated rings. The number of halogens is 1. The van der Waals surface area contributed by atoms with Crippen LogP contribution in [0.5, 0.6) is 0 Å². The number of hydrogen-bond acceptors (Lipinski definition) is 3. The molecular formula is C17H12INO2. The first-order valence-electron chi connectivity index (χ1n) is 6.47. The lowest BCUT2D eigenvalue weighted by Gasteiger charge is -1.99. The van der Waals surface area contributed by atoms with Crippen LogP contribution < -0.4 is 0 Å². The van der Waals surface area contributed by atoms with E-state index >= 15 is 0 Å². The number of hydrogen-bond donors (Lipinski definition) is 0. The van der Waals surface area contributed by atoms with Crippen molar-refractivity contribution in [1.82, 2.24) is 0 Å². The van der Waals surface area contributed by atoms with Crippen LogP contribution >= 0.6 is 22.6 Å². The summed E-state index contributed by atoms with van der Waals surface area (Å²) in [7, 11) is 0. The molecule has 0 saturated carbocycles. The first-order valence-corrected chi connectivity index (χ1v) is 7.55. The van der Waals surface area contributed by atoms with E-state index in [0.717, 1.165) is 20.3 Å². The fraction of sp³-hybridized carbons (Fsp3) is 0.0588. The third kappa shape index (κ3) is 3.05. The number of carbonyl (C=O) groups is 1. The molecular weight excluding hydrogens is 377 g/mol. The van der Waals surface area contributed by atoms with Gasteiger partial charge in [0.25, 0.3) is 0 Å². The highest BCUT2D eigenvalue weighted by Crippen LogP contribution is 2.21. The van der Waals surface area contributed by atoms with E-state index in [1.165, 1.54) is 0 Å². The molecule has 2 aromatic rings. The second-order valence-electron chi connectivity index (χ2n) is 4.70. The van der Waals surface area contributed by atoms with Crippen molar-refractivity contribution in [2.75, 3.05) is 0 Å². The van der Waals surface area contributed by atoms with Crippen molar-refractivity contribution in [3.8, 4) is 0 Å². The molecule has 1 aliphatic heterocycles. The van der Waals surface area contributed by atoms with Crippen LogP contribution in [-0.4, -0.2) is 11.9 Å². The summed E-state index contributed by atoms with van der Waals surface area (Å²) in [4.78, 5) is 16.3. The van der Waals surface area contributed by atoms with E-state index in [1.54, 1.807) is 6.08 Å². The van der Waals surface area contributed by atoms with Crippen molar-refractivity contribution < 1.29 is 9.53 Å². The van der Waals surface area contributed by atoms with E-state index in [-0.39, 0.29) is 0 Å². The number of esters is 1. The molecule has 2 aromatic carbocycles. The molecule has 0 N–H and O–H groups in total. The molecule has 4 heteroatoms. The van der Waals surface area contributed by atoms with Crippen LogP contribution in [0.1, 0.15) is 16.7 Å². The summed E-state index contributed by atoms with van der Waals surface area (Å²) in [6, 6.07) is 15.6. The van der Waals surface area contributed by atoms with Crippen LogP contribution in [0.15, 0.2) is 59.2 Å². The molecule has 3 nitrogen and oxygen atoms in total. The largest absolute Gasteiger partial charge is 0.402 e. The molecule has 0 aliphatic carbocycles. The zero-order valence-electron chi connectivity index (χ0n) is 11.3. The number of rotatable bonds is 2. The van der Waals surface area contributed by atoms with E-state index in [9.17, 15) is 4.79 Å². The van der Waals surface area contributed by atoms with Crippen molar-refractivity contribution in [1.29, 1.82) is 0 Å². The van der Waals surface area contributed by atoms with Gasteiger partial charge >= 0.3 is 5.97 Å². The van der Waals surface area contributed by atoms with Crippen LogP contribution in [0.2, 0.25) is 0 Å². The van der Waals surface area contributed by atoms with Gasteiger partial charge in [-0.15, -0.1) is 0 Å². The third-order valence-electron chi connectivity index (χ3n) is 3.17. The molecule has 0 spiro atoms. The minimum absolute atomic E-state index is 0.332. The number of aryl methyl sites for hydroxylation is 1. The predicted octanol–water partition coefficient (Wildman–Crippen LogP) is 3.94. The van der Waals surface area contributed by atoms with Crippen molar-refractivity contribution in [2.24, 2.45) is 4.99 Å². The lowest BCUT2D eigenvalue weighted by Crippen LogP contribution is -2.05. The second-order valence-corrected chi connectivity index (χ2v) is 5.95. The number of carbonyl (C=O) groups excluding carboxylic acids is 1. The summed E-state index contributed by atoms with van der Waals surface area (Å²) in [5.41, 5.74) is 3.20. The van der Waals surface area contributed by atoms with Gasteiger partial charge in [-0.2, -0.15) is 0 Å². The maximum atomic E-state index is 12.0. The molecule has 0 amide bonds. The highest BCUT2D eigenvalue weighted by Gasteiger charge is 2.24. The Balaban J connectivity index is 1.98. The van der Waals surface area contributed by atoms with Crippen LogP contribution in [0, 0.1) is 10.5 Å². The lowest BCUT2D eigenvalue weighted by molar-refractivity contribution is -0.129. The van der Waals surface area contributed by atoms with Crippen LogP contribution in [-0.2, 0) is 9.53 Å². The Bertz CT molecular complexity index is 778. The maximum absolute atomic E-state index is 12.0. The summed E-state index contributed by atoms with van der Waals surface area (Å²) in [6.07, 6.45) is 1.76. The highest BCUT2D eigenvalue weighted by molar-refractivity contribution is 14.1. The minimum Gasteiger partial charge on any atom is -0.402 e. The highest BCUT2D eigenvalue weighted by atomic mass is 127. The fourth-order valence-corrected chi connectivity index (χ4v) is 2.59. The minimum atomic E-state index is -0.410. The lowest BCUT2D eigenvalue weighted by atomic mass is 10.1. The standard InChI is InChI=1S/C17H12INO2/c1-11-5-2-3-6-12(11)10-15-17(20)21-16(19-15)13-7-4-8-14(18)9-13/h2-10H,1H3/b15-10-. The topological polar surface area (TPSA) is 38.7 Å². The van der Waals surface area contributed by atoms with Crippen molar-refractivity contribution >= 4 is 40.5 Å². The van der Waals surface area contributed by atoms with E-state index in [4.69, 9.17) is 4.74 Å². The Morgan fingerprint density at radius 3 is 2.71 bits per heavy atom. The van der Waals surface area contributed by atoms with Crippen molar-refractivity contribution in [3.05, 3.63) is 74.5 Å². The zero-order valence-corrected chi connectivity index (χ0v) is 13.5. The number of benzene rings is 2. The number of nitrogens with zero attached hydrogens (tertiary/aromatic N) is 1. The van der Waals surface area contributed by atoms with Gasteiger partial charge in [0.1, 0.15) is 0 Å². The van der Waals surface area contributed by atoms with E-state index < -0.39 is 5.97 Å². The molecule has 0 bridgehead atoms. The summed E-state index contributed by atoms with van der Waals surface area (Å²) in [5.74, 6) is -0.0505. The Hall–Kier alpha value is -1.95. The summed E-state index contributed by atoms with van der Waals surface area (Å²) < 4.78 is 6.34. The van der Waals surface area contributed by atoms with Crippen LogP contribution in [0.3, 0.4) is 0 Å². The average molecular weight is 389 g/mol. The first-order chi connectivity index (χ1) is 10.1. The van der Waals surface area contributed by atoms with Crippen molar-refractivity contribution in [2.45, 2.75) is 6.92 Å². The number of ether oxygens (including phenoxy) is 1. The van der Waals surface area contributed by atoms with Gasteiger partial charge in [-0.05, 0) is 64.9 Å². The van der Waals surface area contributed by atoms with Gasteiger partial charge in [-0.25, -0.2) is 9.79 Å². The second kappa shape index (κ2) is 5.81. The number of aliphatic imine (C=N–C) groups is 1. The summed E-state index contributed by atoms with van der Waals surface area (Å²) in [5, 5.41) is 0.